The molecule has 0 saturated carbocycles. The highest BCUT2D eigenvalue weighted by Gasteiger charge is 2.27. The van der Waals surface area contributed by atoms with E-state index in [1.807, 2.05) is 13.2 Å². The lowest BCUT2D eigenvalue weighted by Gasteiger charge is -2.33. The predicted molar refractivity (Wildman–Crippen MR) is 70.7 cm³/mol. The van der Waals surface area contributed by atoms with Gasteiger partial charge in [0.05, 0.1) is 5.54 Å². The number of nitrogens with one attached hydrogen (secondary N) is 1. The Morgan fingerprint density at radius 3 is 2.40 bits per heavy atom. The van der Waals surface area contributed by atoms with Crippen molar-refractivity contribution in [2.45, 2.75) is 32.7 Å². The van der Waals surface area contributed by atoms with E-state index < -0.39 is 0 Å². The molecule has 0 rings (SSSR count). The van der Waals surface area contributed by atoms with Gasteiger partial charge in [0.1, 0.15) is 0 Å². The standard InChI is InChI=1S/C10H22N2OS.ClH/c1-8(2)10(3,7-11)12-9(13)5-6-14-4;/h8H,5-7,11H2,1-4H3,(H,12,13);1H. The number of rotatable bonds is 6. The molecule has 0 saturated heterocycles. The first-order valence-electron chi connectivity index (χ1n) is 4.96. The number of nitrogens with two attached hydrogens (primary N) is 1. The van der Waals surface area contributed by atoms with Gasteiger partial charge in [0.15, 0.2) is 0 Å². The maximum absolute atomic E-state index is 11.5. The van der Waals surface area contributed by atoms with E-state index in [9.17, 15) is 4.79 Å². The van der Waals surface area contributed by atoms with Crippen LogP contribution in [0.5, 0.6) is 0 Å². The summed E-state index contributed by atoms with van der Waals surface area (Å²) >= 11 is 1.68. The normalized spacial score (nSPS) is 14.3. The van der Waals surface area contributed by atoms with E-state index in [4.69, 9.17) is 5.73 Å². The zero-order chi connectivity index (χ0) is 11.2. The summed E-state index contributed by atoms with van der Waals surface area (Å²) in [7, 11) is 0. The first-order chi connectivity index (χ1) is 6.46. The lowest BCUT2D eigenvalue weighted by atomic mass is 9.88. The quantitative estimate of drug-likeness (QED) is 0.758. The zero-order valence-electron chi connectivity index (χ0n) is 10.0. The number of amides is 1. The third-order valence-corrected chi connectivity index (χ3v) is 3.27. The van der Waals surface area contributed by atoms with E-state index in [1.54, 1.807) is 11.8 Å². The molecule has 0 aliphatic rings. The highest BCUT2D eigenvalue weighted by atomic mass is 35.5. The second-order valence-corrected chi connectivity index (χ2v) is 5.05. The molecule has 0 heterocycles. The number of thioether (sulfide) groups is 1. The van der Waals surface area contributed by atoms with Gasteiger partial charge in [0.2, 0.25) is 5.91 Å². The molecule has 0 radical (unpaired) electrons. The summed E-state index contributed by atoms with van der Waals surface area (Å²) in [6.45, 7) is 6.62. The number of hydrogen-bond donors (Lipinski definition) is 2. The van der Waals surface area contributed by atoms with Gasteiger partial charge in [-0.05, 0) is 19.1 Å². The highest BCUT2D eigenvalue weighted by molar-refractivity contribution is 7.98. The summed E-state index contributed by atoms with van der Waals surface area (Å²) in [5, 5.41) is 3.00. The lowest BCUT2D eigenvalue weighted by molar-refractivity contribution is -0.122. The molecular formula is C10H23ClN2OS. The largest absolute Gasteiger partial charge is 0.349 e. The molecule has 0 spiro atoms. The number of hydrogen-bond acceptors (Lipinski definition) is 3. The average Bonchev–Trinajstić information content (AvgIpc) is 2.14. The van der Waals surface area contributed by atoms with Crippen LogP contribution in [0.25, 0.3) is 0 Å². The predicted octanol–water partition coefficient (Wildman–Crippen LogP) is 1.65. The van der Waals surface area contributed by atoms with E-state index >= 15 is 0 Å². The van der Waals surface area contributed by atoms with Crippen LogP contribution in [0.15, 0.2) is 0 Å². The van der Waals surface area contributed by atoms with Crippen molar-refractivity contribution >= 4 is 30.1 Å². The summed E-state index contributed by atoms with van der Waals surface area (Å²) in [4.78, 5) is 11.5. The third kappa shape index (κ3) is 6.28. The molecule has 0 fully saturated rings. The van der Waals surface area contributed by atoms with Crippen LogP contribution < -0.4 is 11.1 Å². The Balaban J connectivity index is 0. The van der Waals surface area contributed by atoms with Crippen LogP contribution in [0.2, 0.25) is 0 Å². The van der Waals surface area contributed by atoms with Crippen molar-refractivity contribution < 1.29 is 4.79 Å². The van der Waals surface area contributed by atoms with Crippen molar-refractivity contribution in [3.05, 3.63) is 0 Å². The summed E-state index contributed by atoms with van der Waals surface area (Å²) in [6, 6.07) is 0. The van der Waals surface area contributed by atoms with Crippen molar-refractivity contribution in [1.82, 2.24) is 5.32 Å². The average molecular weight is 255 g/mol. The molecule has 0 aromatic carbocycles. The Hall–Kier alpha value is 0.0700. The molecule has 0 aromatic rings. The van der Waals surface area contributed by atoms with E-state index in [0.717, 1.165) is 5.75 Å². The van der Waals surface area contributed by atoms with Gasteiger partial charge in [-0.2, -0.15) is 11.8 Å². The van der Waals surface area contributed by atoms with E-state index in [-0.39, 0.29) is 23.9 Å². The van der Waals surface area contributed by atoms with Crippen LogP contribution in [-0.4, -0.2) is 30.0 Å². The molecule has 5 heteroatoms. The van der Waals surface area contributed by atoms with E-state index in [1.165, 1.54) is 0 Å². The molecule has 1 atom stereocenters. The molecular weight excluding hydrogens is 232 g/mol. The van der Waals surface area contributed by atoms with Crippen molar-refractivity contribution in [2.75, 3.05) is 18.6 Å². The van der Waals surface area contributed by atoms with Gasteiger partial charge in [0.25, 0.3) is 0 Å². The summed E-state index contributed by atoms with van der Waals surface area (Å²) in [5.41, 5.74) is 5.40. The van der Waals surface area contributed by atoms with Gasteiger partial charge >= 0.3 is 0 Å². The fraction of sp³-hybridized carbons (Fsp3) is 0.900. The Kier molecular flexibility index (Phi) is 9.60. The van der Waals surface area contributed by atoms with Crippen LogP contribution in [0.4, 0.5) is 0 Å². The van der Waals surface area contributed by atoms with Crippen molar-refractivity contribution in [3.63, 3.8) is 0 Å². The first kappa shape index (κ1) is 17.5. The molecule has 1 amide bonds. The van der Waals surface area contributed by atoms with Crippen molar-refractivity contribution in [2.24, 2.45) is 11.7 Å². The summed E-state index contributed by atoms with van der Waals surface area (Å²) < 4.78 is 0. The van der Waals surface area contributed by atoms with E-state index in [2.05, 4.69) is 19.2 Å². The molecule has 0 aliphatic heterocycles. The van der Waals surface area contributed by atoms with Gasteiger partial charge in [-0.15, -0.1) is 12.4 Å². The Morgan fingerprint density at radius 2 is 2.07 bits per heavy atom. The molecule has 15 heavy (non-hydrogen) atoms. The first-order valence-corrected chi connectivity index (χ1v) is 6.35. The number of carbonyl (C=O) groups is 1. The Labute approximate surface area is 103 Å². The van der Waals surface area contributed by atoms with E-state index in [0.29, 0.717) is 18.9 Å². The second kappa shape index (κ2) is 8.25. The molecule has 1 unspecified atom stereocenters. The maximum atomic E-state index is 11.5. The SMILES string of the molecule is CSCCC(=O)NC(C)(CN)C(C)C.Cl. The van der Waals surface area contributed by atoms with Gasteiger partial charge in [0, 0.05) is 18.7 Å². The van der Waals surface area contributed by atoms with Crippen molar-refractivity contribution in [1.29, 1.82) is 0 Å². The molecule has 92 valence electrons. The minimum absolute atomic E-state index is 0. The minimum Gasteiger partial charge on any atom is -0.349 e. The van der Waals surface area contributed by atoms with Gasteiger partial charge < -0.3 is 11.1 Å². The minimum atomic E-state index is -0.268. The topological polar surface area (TPSA) is 55.1 Å². The van der Waals surface area contributed by atoms with Crippen molar-refractivity contribution in [3.8, 4) is 0 Å². The summed E-state index contributed by atoms with van der Waals surface area (Å²) in [6.07, 6.45) is 2.57. The summed E-state index contributed by atoms with van der Waals surface area (Å²) in [5.74, 6) is 1.32. The zero-order valence-corrected chi connectivity index (χ0v) is 11.6. The van der Waals surface area contributed by atoms with Crippen LogP contribution in [0.3, 0.4) is 0 Å². The Morgan fingerprint density at radius 1 is 1.53 bits per heavy atom. The number of carbonyl (C=O) groups excluding carboxylic acids is 1. The maximum Gasteiger partial charge on any atom is 0.221 e. The van der Waals surface area contributed by atoms with Gasteiger partial charge in [-0.3, -0.25) is 4.79 Å². The smallest absolute Gasteiger partial charge is 0.221 e. The molecule has 3 nitrogen and oxygen atoms in total. The monoisotopic (exact) mass is 254 g/mol. The van der Waals surface area contributed by atoms with Crippen LogP contribution in [-0.2, 0) is 4.79 Å². The second-order valence-electron chi connectivity index (χ2n) is 4.07. The fourth-order valence-corrected chi connectivity index (χ4v) is 1.40. The third-order valence-electron chi connectivity index (χ3n) is 2.66. The van der Waals surface area contributed by atoms with Gasteiger partial charge in [-0.25, -0.2) is 0 Å². The molecule has 3 N–H and O–H groups in total. The highest BCUT2D eigenvalue weighted by Crippen LogP contribution is 2.14. The van der Waals surface area contributed by atoms with Crippen LogP contribution in [0, 0.1) is 5.92 Å². The van der Waals surface area contributed by atoms with Crippen LogP contribution in [0.1, 0.15) is 27.2 Å². The molecule has 0 bridgehead atoms. The lowest BCUT2D eigenvalue weighted by Crippen LogP contribution is -2.55. The Bertz CT molecular complexity index is 190. The van der Waals surface area contributed by atoms with Crippen LogP contribution >= 0.6 is 24.2 Å². The van der Waals surface area contributed by atoms with Gasteiger partial charge in [-0.1, -0.05) is 13.8 Å². The fourth-order valence-electron chi connectivity index (χ4n) is 1.01. The molecule has 0 aliphatic carbocycles. The molecule has 0 aromatic heterocycles. The number of halogens is 1.